The second kappa shape index (κ2) is 10.5. The Balaban J connectivity index is 1.04. The van der Waals surface area contributed by atoms with Gasteiger partial charge in [-0.15, -0.1) is 0 Å². The highest BCUT2D eigenvalue weighted by molar-refractivity contribution is 5.75. The fourth-order valence-corrected chi connectivity index (χ4v) is 6.78. The minimum absolute atomic E-state index is 0.00235. The number of nitrogens with one attached hydrogen (secondary N) is 2. The summed E-state index contributed by atoms with van der Waals surface area (Å²) in [6.45, 7) is -0.461. The summed E-state index contributed by atoms with van der Waals surface area (Å²) in [6.07, 6.45) is 6.97. The first-order valence-corrected chi connectivity index (χ1v) is 12.2. The molecule has 2 N–H and O–H groups in total. The Bertz CT molecular complexity index is 588. The summed E-state index contributed by atoms with van der Waals surface area (Å²) in [6, 6.07) is 0.184. The lowest BCUT2D eigenvalue weighted by atomic mass is 9.53. The third-order valence-corrected chi connectivity index (χ3v) is 7.65. The zero-order valence-corrected chi connectivity index (χ0v) is 18.8. The third kappa shape index (κ3) is 6.97. The van der Waals surface area contributed by atoms with Gasteiger partial charge in [0.05, 0.1) is 32.5 Å². The van der Waals surface area contributed by atoms with Crippen molar-refractivity contribution in [3.8, 4) is 0 Å². The second-order valence-corrected chi connectivity index (χ2v) is 10.4. The van der Waals surface area contributed by atoms with Gasteiger partial charge >= 0.3 is 12.2 Å². The van der Waals surface area contributed by atoms with Crippen molar-refractivity contribution in [2.24, 2.45) is 17.8 Å². The van der Waals surface area contributed by atoms with Crippen molar-refractivity contribution in [3.63, 3.8) is 0 Å². The number of carbonyl (C=O) groups excluding carboxylic acids is 1. The van der Waals surface area contributed by atoms with E-state index < -0.39 is 12.8 Å². The number of rotatable bonds is 10. The van der Waals surface area contributed by atoms with Crippen LogP contribution in [0.4, 0.5) is 18.0 Å². The van der Waals surface area contributed by atoms with Crippen LogP contribution in [0.15, 0.2) is 0 Å². The molecule has 5 aliphatic rings. The number of carbonyl (C=O) groups is 1. The van der Waals surface area contributed by atoms with Gasteiger partial charge < -0.3 is 24.8 Å². The Morgan fingerprint density at radius 2 is 1.41 bits per heavy atom. The number of ether oxygens (including phenoxy) is 3. The van der Waals surface area contributed by atoms with Gasteiger partial charge in [0.15, 0.2) is 0 Å². The van der Waals surface area contributed by atoms with E-state index in [1.807, 2.05) is 0 Å². The molecule has 0 unspecified atom stereocenters. The SMILES string of the molecule is O=C(NC1CCC(OCCOCCOCC(F)(F)F)CC1)NC12CC3CC(CC(C3)C1)C2. The lowest BCUT2D eigenvalue weighted by Crippen LogP contribution is -2.62. The van der Waals surface area contributed by atoms with Gasteiger partial charge in [0.25, 0.3) is 0 Å². The molecule has 2 amide bonds. The number of halogens is 3. The first-order chi connectivity index (χ1) is 15.3. The zero-order chi connectivity index (χ0) is 22.6. The minimum Gasteiger partial charge on any atom is -0.377 e. The standard InChI is InChI=1S/C23H37F3N2O4/c24-23(25,26)15-31-6-5-30-7-8-32-20-3-1-19(2-4-20)27-21(29)28-22-12-16-9-17(13-22)11-18(10-16)14-22/h16-20H,1-15H2,(H2,27,28,29). The average molecular weight is 463 g/mol. The van der Waals surface area contributed by atoms with Crippen LogP contribution in [-0.4, -0.2) is 62.9 Å². The van der Waals surface area contributed by atoms with E-state index in [9.17, 15) is 18.0 Å². The monoisotopic (exact) mass is 462 g/mol. The van der Waals surface area contributed by atoms with Gasteiger partial charge in [-0.3, -0.25) is 0 Å². The topological polar surface area (TPSA) is 68.8 Å². The van der Waals surface area contributed by atoms with Crippen LogP contribution < -0.4 is 10.6 Å². The summed E-state index contributed by atoms with van der Waals surface area (Å²) < 4.78 is 51.4. The molecule has 0 atom stereocenters. The van der Waals surface area contributed by atoms with Crippen molar-refractivity contribution >= 4 is 6.03 Å². The Hall–Kier alpha value is -1.06. The van der Waals surface area contributed by atoms with Crippen LogP contribution in [0.1, 0.15) is 64.2 Å². The quantitative estimate of drug-likeness (QED) is 0.478. The van der Waals surface area contributed by atoms with Gasteiger partial charge in [0, 0.05) is 11.6 Å². The Morgan fingerprint density at radius 1 is 0.844 bits per heavy atom. The van der Waals surface area contributed by atoms with E-state index in [-0.39, 0.29) is 36.9 Å². The average Bonchev–Trinajstić information content (AvgIpc) is 2.69. The first-order valence-electron chi connectivity index (χ1n) is 12.2. The van der Waals surface area contributed by atoms with E-state index in [1.54, 1.807) is 0 Å². The van der Waals surface area contributed by atoms with Crippen molar-refractivity contribution in [1.29, 1.82) is 0 Å². The van der Waals surface area contributed by atoms with E-state index in [4.69, 9.17) is 9.47 Å². The highest BCUT2D eigenvalue weighted by Gasteiger charge is 2.51. The van der Waals surface area contributed by atoms with Crippen molar-refractivity contribution in [1.82, 2.24) is 10.6 Å². The van der Waals surface area contributed by atoms with Gasteiger partial charge in [0.1, 0.15) is 6.61 Å². The second-order valence-electron chi connectivity index (χ2n) is 10.4. The molecular weight excluding hydrogens is 425 g/mol. The molecule has 0 spiro atoms. The van der Waals surface area contributed by atoms with E-state index in [2.05, 4.69) is 15.4 Å². The molecule has 5 aliphatic carbocycles. The fraction of sp³-hybridized carbons (Fsp3) is 0.957. The maximum absolute atomic E-state index is 12.7. The van der Waals surface area contributed by atoms with Crippen LogP contribution in [0, 0.1) is 17.8 Å². The van der Waals surface area contributed by atoms with Crippen LogP contribution in [0.2, 0.25) is 0 Å². The van der Waals surface area contributed by atoms with Crippen LogP contribution >= 0.6 is 0 Å². The van der Waals surface area contributed by atoms with Gasteiger partial charge in [-0.05, 0) is 82.0 Å². The maximum Gasteiger partial charge on any atom is 0.411 e. The van der Waals surface area contributed by atoms with Gasteiger partial charge in [-0.2, -0.15) is 13.2 Å². The first kappa shape index (κ1) is 24.1. The molecule has 9 heteroatoms. The van der Waals surface area contributed by atoms with Crippen LogP contribution in [-0.2, 0) is 14.2 Å². The number of amides is 2. The van der Waals surface area contributed by atoms with Gasteiger partial charge in [-0.25, -0.2) is 4.79 Å². The molecule has 0 aromatic heterocycles. The largest absolute Gasteiger partial charge is 0.411 e. The Labute approximate surface area is 188 Å². The maximum atomic E-state index is 12.7. The molecular formula is C23H37F3N2O4. The van der Waals surface area contributed by atoms with Crippen LogP contribution in [0.5, 0.6) is 0 Å². The highest BCUT2D eigenvalue weighted by atomic mass is 19.4. The van der Waals surface area contributed by atoms with E-state index >= 15 is 0 Å². The summed E-state index contributed by atoms with van der Waals surface area (Å²) >= 11 is 0. The Kier molecular flexibility index (Phi) is 7.88. The summed E-state index contributed by atoms with van der Waals surface area (Å²) in [5.74, 6) is 2.43. The fourth-order valence-electron chi connectivity index (χ4n) is 6.78. The van der Waals surface area contributed by atoms with Crippen LogP contribution in [0.25, 0.3) is 0 Å². The molecule has 6 nitrogen and oxygen atoms in total. The molecule has 0 aromatic carbocycles. The molecule has 184 valence electrons. The molecule has 5 fully saturated rings. The number of alkyl halides is 3. The summed E-state index contributed by atoms with van der Waals surface area (Å²) in [5.41, 5.74) is 0.0386. The highest BCUT2D eigenvalue weighted by Crippen LogP contribution is 2.55. The summed E-state index contributed by atoms with van der Waals surface area (Å²) in [7, 11) is 0. The molecule has 0 heterocycles. The number of hydrogen-bond donors (Lipinski definition) is 2. The molecule has 0 aliphatic heterocycles. The van der Waals surface area contributed by atoms with Gasteiger partial charge in [-0.1, -0.05) is 0 Å². The van der Waals surface area contributed by atoms with E-state index in [0.717, 1.165) is 62.7 Å². The summed E-state index contributed by atoms with van der Waals surface area (Å²) in [5, 5.41) is 6.58. The molecule has 0 radical (unpaired) electrons. The van der Waals surface area contributed by atoms with Gasteiger partial charge in [0.2, 0.25) is 0 Å². The lowest BCUT2D eigenvalue weighted by Gasteiger charge is -2.56. The Morgan fingerprint density at radius 3 is 2.00 bits per heavy atom. The minimum atomic E-state index is -4.30. The normalized spacial score (nSPS) is 36.3. The smallest absolute Gasteiger partial charge is 0.377 e. The molecule has 5 saturated carbocycles. The van der Waals surface area contributed by atoms with Crippen molar-refractivity contribution < 1.29 is 32.2 Å². The van der Waals surface area contributed by atoms with Crippen LogP contribution in [0.3, 0.4) is 0 Å². The zero-order valence-electron chi connectivity index (χ0n) is 18.8. The van der Waals surface area contributed by atoms with Crippen molar-refractivity contribution in [2.75, 3.05) is 33.0 Å². The molecule has 32 heavy (non-hydrogen) atoms. The van der Waals surface area contributed by atoms with E-state index in [1.165, 1.54) is 19.3 Å². The lowest BCUT2D eigenvalue weighted by molar-refractivity contribution is -0.176. The summed E-state index contributed by atoms with van der Waals surface area (Å²) in [4.78, 5) is 12.7. The molecule has 4 bridgehead atoms. The number of urea groups is 1. The molecule has 0 aromatic rings. The van der Waals surface area contributed by atoms with E-state index in [0.29, 0.717) is 13.2 Å². The number of hydrogen-bond acceptors (Lipinski definition) is 4. The predicted molar refractivity (Wildman–Crippen MR) is 112 cm³/mol. The third-order valence-electron chi connectivity index (χ3n) is 7.65. The predicted octanol–water partition coefficient (Wildman–Crippen LogP) is 4.18. The molecule has 5 rings (SSSR count). The van der Waals surface area contributed by atoms with Crippen molar-refractivity contribution in [2.45, 2.75) is 88.1 Å². The van der Waals surface area contributed by atoms with Crippen molar-refractivity contribution in [3.05, 3.63) is 0 Å². The molecule has 0 saturated heterocycles.